The fourth-order valence-corrected chi connectivity index (χ4v) is 4.14. The van der Waals surface area contributed by atoms with Crippen LogP contribution in [0.4, 0.5) is 11.8 Å². The number of anilines is 2. The van der Waals surface area contributed by atoms with E-state index in [9.17, 15) is 0 Å². The van der Waals surface area contributed by atoms with Gasteiger partial charge in [-0.15, -0.1) is 11.3 Å². The first-order chi connectivity index (χ1) is 10.2. The third kappa shape index (κ3) is 2.98. The molecule has 1 unspecified atom stereocenters. The molecule has 0 amide bonds. The molecular weight excluding hydrogens is 280 g/mol. The van der Waals surface area contributed by atoms with Gasteiger partial charge in [-0.2, -0.15) is 4.98 Å². The summed E-state index contributed by atoms with van der Waals surface area (Å²) in [5.41, 5.74) is 5.93. The Bertz CT molecular complexity index is 622. The molecule has 2 aromatic heterocycles. The lowest BCUT2D eigenvalue weighted by Gasteiger charge is -2.22. The van der Waals surface area contributed by atoms with Gasteiger partial charge in [0.25, 0.3) is 0 Å². The summed E-state index contributed by atoms with van der Waals surface area (Å²) in [6.07, 6.45) is 6.16. The molecule has 4 nitrogen and oxygen atoms in total. The molecule has 0 spiro atoms. The highest BCUT2D eigenvalue weighted by Crippen LogP contribution is 2.33. The minimum atomic E-state index is 0.401. The zero-order valence-electron chi connectivity index (χ0n) is 12.9. The number of hydrogen-bond donors (Lipinski definition) is 1. The molecule has 3 rings (SSSR count). The first kappa shape index (κ1) is 14.6. The van der Waals surface area contributed by atoms with Crippen molar-refractivity contribution in [3.05, 3.63) is 10.9 Å². The second-order valence-electron chi connectivity index (χ2n) is 5.88. The molecule has 5 heteroatoms. The third-order valence-electron chi connectivity index (χ3n) is 4.51. The lowest BCUT2D eigenvalue weighted by atomic mass is 9.98. The zero-order chi connectivity index (χ0) is 14.8. The van der Waals surface area contributed by atoms with Crippen molar-refractivity contribution in [3.63, 3.8) is 0 Å². The SMILES string of the molecule is CCc1cc2c(N3CCCC(CC)CC3)nc(N)nc2s1. The number of aromatic nitrogens is 2. The summed E-state index contributed by atoms with van der Waals surface area (Å²) in [6.45, 7) is 6.65. The molecule has 2 N–H and O–H groups in total. The topological polar surface area (TPSA) is 55.0 Å². The van der Waals surface area contributed by atoms with Crippen molar-refractivity contribution in [2.24, 2.45) is 5.92 Å². The highest BCUT2D eigenvalue weighted by atomic mass is 32.1. The van der Waals surface area contributed by atoms with Crippen LogP contribution in [-0.2, 0) is 6.42 Å². The minimum absolute atomic E-state index is 0.401. The Morgan fingerprint density at radius 2 is 2.14 bits per heavy atom. The van der Waals surface area contributed by atoms with Crippen LogP contribution in [0.3, 0.4) is 0 Å². The lowest BCUT2D eigenvalue weighted by molar-refractivity contribution is 0.459. The van der Waals surface area contributed by atoms with Crippen molar-refractivity contribution in [1.29, 1.82) is 0 Å². The molecule has 1 atom stereocenters. The molecule has 1 aliphatic heterocycles. The zero-order valence-corrected chi connectivity index (χ0v) is 13.7. The Hall–Kier alpha value is -1.36. The monoisotopic (exact) mass is 304 g/mol. The predicted molar refractivity (Wildman–Crippen MR) is 91.1 cm³/mol. The summed E-state index contributed by atoms with van der Waals surface area (Å²) < 4.78 is 0. The van der Waals surface area contributed by atoms with E-state index < -0.39 is 0 Å². The summed E-state index contributed by atoms with van der Waals surface area (Å²) >= 11 is 1.74. The molecule has 21 heavy (non-hydrogen) atoms. The molecule has 114 valence electrons. The number of nitrogens with zero attached hydrogens (tertiary/aromatic N) is 3. The van der Waals surface area contributed by atoms with E-state index in [0.717, 1.165) is 36.1 Å². The van der Waals surface area contributed by atoms with Crippen LogP contribution < -0.4 is 10.6 Å². The number of hydrogen-bond acceptors (Lipinski definition) is 5. The van der Waals surface area contributed by atoms with Gasteiger partial charge in [0.2, 0.25) is 5.95 Å². The quantitative estimate of drug-likeness (QED) is 0.935. The number of nitrogens with two attached hydrogens (primary N) is 1. The number of rotatable bonds is 3. The fourth-order valence-electron chi connectivity index (χ4n) is 3.17. The van der Waals surface area contributed by atoms with Crippen LogP contribution in [0.25, 0.3) is 10.2 Å². The predicted octanol–water partition coefficient (Wildman–Crippen LogP) is 3.85. The van der Waals surface area contributed by atoms with Crippen molar-refractivity contribution in [2.75, 3.05) is 23.7 Å². The molecule has 0 bridgehead atoms. The summed E-state index contributed by atoms with van der Waals surface area (Å²) in [7, 11) is 0. The van der Waals surface area contributed by atoms with Crippen LogP contribution in [0.1, 0.15) is 44.4 Å². The van der Waals surface area contributed by atoms with Crippen LogP contribution in [0.15, 0.2) is 6.07 Å². The van der Waals surface area contributed by atoms with Gasteiger partial charge < -0.3 is 10.6 Å². The Morgan fingerprint density at radius 3 is 2.90 bits per heavy atom. The fraction of sp³-hybridized carbons (Fsp3) is 0.625. The Labute approximate surface area is 130 Å². The van der Waals surface area contributed by atoms with Gasteiger partial charge in [0.1, 0.15) is 10.6 Å². The molecule has 2 aromatic rings. The van der Waals surface area contributed by atoms with Gasteiger partial charge in [-0.3, -0.25) is 0 Å². The van der Waals surface area contributed by atoms with Crippen LogP contribution in [-0.4, -0.2) is 23.1 Å². The maximum Gasteiger partial charge on any atom is 0.223 e. The standard InChI is InChI=1S/C16H24N4S/c1-3-11-6-5-8-20(9-7-11)14-13-10-12(4-2)21-15(13)19-16(17)18-14/h10-11H,3-9H2,1-2H3,(H2,17,18,19). The average molecular weight is 304 g/mol. The largest absolute Gasteiger partial charge is 0.368 e. The number of fused-ring (bicyclic) bond motifs is 1. The highest BCUT2D eigenvalue weighted by Gasteiger charge is 2.20. The van der Waals surface area contributed by atoms with Gasteiger partial charge in [-0.05, 0) is 37.7 Å². The summed E-state index contributed by atoms with van der Waals surface area (Å²) in [4.78, 5) is 13.8. The van der Waals surface area contributed by atoms with E-state index in [1.54, 1.807) is 11.3 Å². The molecule has 0 aromatic carbocycles. The molecule has 0 radical (unpaired) electrons. The van der Waals surface area contributed by atoms with Gasteiger partial charge >= 0.3 is 0 Å². The van der Waals surface area contributed by atoms with E-state index in [-0.39, 0.29) is 0 Å². The maximum atomic E-state index is 5.93. The van der Waals surface area contributed by atoms with Crippen molar-refractivity contribution in [1.82, 2.24) is 9.97 Å². The average Bonchev–Trinajstić information content (AvgIpc) is 2.75. The van der Waals surface area contributed by atoms with E-state index in [1.807, 2.05) is 0 Å². The van der Waals surface area contributed by atoms with Crippen molar-refractivity contribution in [2.45, 2.75) is 46.0 Å². The Balaban J connectivity index is 1.96. The molecule has 1 saturated heterocycles. The van der Waals surface area contributed by atoms with Gasteiger partial charge in [0, 0.05) is 18.0 Å². The normalized spacial score (nSPS) is 19.9. The third-order valence-corrected chi connectivity index (χ3v) is 5.69. The number of thiophene rings is 1. The van der Waals surface area contributed by atoms with Crippen molar-refractivity contribution in [3.8, 4) is 0 Å². The molecule has 1 fully saturated rings. The van der Waals surface area contributed by atoms with Gasteiger partial charge in [-0.25, -0.2) is 4.98 Å². The van der Waals surface area contributed by atoms with E-state index in [2.05, 4.69) is 34.8 Å². The van der Waals surface area contributed by atoms with Crippen LogP contribution in [0.5, 0.6) is 0 Å². The molecule has 0 aliphatic carbocycles. The van der Waals surface area contributed by atoms with Crippen LogP contribution in [0.2, 0.25) is 0 Å². The minimum Gasteiger partial charge on any atom is -0.368 e. The number of nitrogen functional groups attached to an aromatic ring is 1. The van der Waals surface area contributed by atoms with Crippen molar-refractivity contribution < 1.29 is 0 Å². The second-order valence-corrected chi connectivity index (χ2v) is 7.00. The van der Waals surface area contributed by atoms with Crippen molar-refractivity contribution >= 4 is 33.3 Å². The smallest absolute Gasteiger partial charge is 0.223 e. The lowest BCUT2D eigenvalue weighted by Crippen LogP contribution is -2.25. The Morgan fingerprint density at radius 1 is 1.29 bits per heavy atom. The molecule has 0 saturated carbocycles. The van der Waals surface area contributed by atoms with Crippen LogP contribution in [0, 0.1) is 5.92 Å². The van der Waals surface area contributed by atoms with E-state index in [4.69, 9.17) is 5.73 Å². The molecular formula is C16H24N4S. The van der Waals surface area contributed by atoms with E-state index >= 15 is 0 Å². The summed E-state index contributed by atoms with van der Waals surface area (Å²) in [5.74, 6) is 2.31. The second kappa shape index (κ2) is 6.18. The number of aryl methyl sites for hydroxylation is 1. The highest BCUT2D eigenvalue weighted by molar-refractivity contribution is 7.18. The Kier molecular flexibility index (Phi) is 4.29. The van der Waals surface area contributed by atoms with Gasteiger partial charge in [0.15, 0.2) is 0 Å². The first-order valence-electron chi connectivity index (χ1n) is 8.02. The summed E-state index contributed by atoms with van der Waals surface area (Å²) in [6, 6.07) is 2.25. The van der Waals surface area contributed by atoms with E-state index in [1.165, 1.54) is 35.9 Å². The molecule has 1 aliphatic rings. The summed E-state index contributed by atoms with van der Waals surface area (Å²) in [5, 5.41) is 1.18. The van der Waals surface area contributed by atoms with Gasteiger partial charge in [-0.1, -0.05) is 20.3 Å². The van der Waals surface area contributed by atoms with Gasteiger partial charge in [0.05, 0.1) is 5.39 Å². The van der Waals surface area contributed by atoms with Crippen LogP contribution >= 0.6 is 11.3 Å². The maximum absolute atomic E-state index is 5.93. The first-order valence-corrected chi connectivity index (χ1v) is 8.83. The molecule has 3 heterocycles. The van der Waals surface area contributed by atoms with E-state index in [0.29, 0.717) is 5.95 Å².